The number of aromatic nitrogens is 4. The average Bonchev–Trinajstić information content (AvgIpc) is 3.38. The highest BCUT2D eigenvalue weighted by molar-refractivity contribution is 7.88. The van der Waals surface area contributed by atoms with E-state index >= 15 is 0 Å². The van der Waals surface area contributed by atoms with Crippen molar-refractivity contribution in [1.82, 2.24) is 29.2 Å². The van der Waals surface area contributed by atoms with Gasteiger partial charge in [-0.2, -0.15) is 0 Å². The predicted molar refractivity (Wildman–Crippen MR) is 129 cm³/mol. The highest BCUT2D eigenvalue weighted by Gasteiger charge is 2.29. The van der Waals surface area contributed by atoms with E-state index in [2.05, 4.69) is 15.3 Å². The van der Waals surface area contributed by atoms with Gasteiger partial charge in [-0.1, -0.05) is 5.21 Å². The number of carboxylic acids is 1. The second kappa shape index (κ2) is 9.63. The number of sulfonamides is 1. The molecular formula is C24H25FN6O5S. The number of carboxylic acid groups (broad SMARTS) is 1. The number of pyridine rings is 1. The normalized spacial score (nSPS) is 17.0. The number of carbonyl (C=O) groups is 2. The van der Waals surface area contributed by atoms with Gasteiger partial charge in [-0.05, 0) is 49.1 Å². The number of carbonyl (C=O) groups excluding carboxylic acids is 1. The molecule has 0 atom stereocenters. The molecule has 0 aliphatic carbocycles. The van der Waals surface area contributed by atoms with Crippen LogP contribution in [0.15, 0.2) is 36.7 Å². The van der Waals surface area contributed by atoms with Crippen molar-refractivity contribution in [2.24, 2.45) is 0 Å². The lowest BCUT2D eigenvalue weighted by Crippen LogP contribution is -2.37. The van der Waals surface area contributed by atoms with Crippen LogP contribution in [0.2, 0.25) is 0 Å². The van der Waals surface area contributed by atoms with E-state index in [1.165, 1.54) is 27.7 Å². The zero-order valence-electron chi connectivity index (χ0n) is 20.0. The molecule has 194 valence electrons. The van der Waals surface area contributed by atoms with Gasteiger partial charge in [-0.25, -0.2) is 31.6 Å². The summed E-state index contributed by atoms with van der Waals surface area (Å²) in [6, 6.07) is 5.61. The van der Waals surface area contributed by atoms with Gasteiger partial charge in [0.1, 0.15) is 11.5 Å². The molecule has 4 heterocycles. The molecule has 0 spiro atoms. The summed E-state index contributed by atoms with van der Waals surface area (Å²) in [6.07, 6.45) is 6.05. The topological polar surface area (TPSA) is 139 Å². The standard InChI is InChI=1S/C24H25FN6O5S/c1-37(35,36)30-10-6-15(7-11-30)22-14-31(28-27-22)16-2-5-21(26-12-16)23(32)29-9-8-17-18(24(33)34)3-4-20(25)19(17)13-29/h2-5,12,14-15H,6-11,13H2,1H3,(H,33,34). The summed E-state index contributed by atoms with van der Waals surface area (Å²) >= 11 is 0. The van der Waals surface area contributed by atoms with Crippen LogP contribution in [0.5, 0.6) is 0 Å². The van der Waals surface area contributed by atoms with Crippen molar-refractivity contribution in [2.45, 2.75) is 31.7 Å². The van der Waals surface area contributed by atoms with Crippen molar-refractivity contribution >= 4 is 21.9 Å². The number of hydrogen-bond acceptors (Lipinski definition) is 7. The van der Waals surface area contributed by atoms with E-state index in [0.717, 1.165) is 11.8 Å². The number of amides is 1. The van der Waals surface area contributed by atoms with Gasteiger partial charge in [0.15, 0.2) is 0 Å². The lowest BCUT2D eigenvalue weighted by Gasteiger charge is -2.29. The Hall–Kier alpha value is -3.71. The third-order valence-corrected chi connectivity index (χ3v) is 8.26. The van der Waals surface area contributed by atoms with Gasteiger partial charge in [-0.15, -0.1) is 5.10 Å². The van der Waals surface area contributed by atoms with E-state index in [1.807, 2.05) is 0 Å². The second-order valence-corrected chi connectivity index (χ2v) is 11.2. The van der Waals surface area contributed by atoms with Crippen LogP contribution >= 0.6 is 0 Å². The number of benzene rings is 1. The molecule has 2 aliphatic rings. The van der Waals surface area contributed by atoms with Gasteiger partial charge in [0.2, 0.25) is 10.0 Å². The summed E-state index contributed by atoms with van der Waals surface area (Å²) in [5.41, 5.74) is 2.24. The molecule has 0 saturated carbocycles. The van der Waals surface area contributed by atoms with E-state index in [-0.39, 0.29) is 48.2 Å². The van der Waals surface area contributed by atoms with Crippen LogP contribution in [0.3, 0.4) is 0 Å². The number of nitrogens with zero attached hydrogens (tertiary/aromatic N) is 6. The fraction of sp³-hybridized carbons (Fsp3) is 0.375. The molecule has 0 bridgehead atoms. The van der Waals surface area contributed by atoms with Gasteiger partial charge >= 0.3 is 5.97 Å². The summed E-state index contributed by atoms with van der Waals surface area (Å²) in [4.78, 5) is 30.2. The lowest BCUT2D eigenvalue weighted by molar-refractivity contribution is 0.0693. The highest BCUT2D eigenvalue weighted by Crippen LogP contribution is 2.28. The maximum absolute atomic E-state index is 14.4. The quantitative estimate of drug-likeness (QED) is 0.529. The molecule has 1 amide bonds. The van der Waals surface area contributed by atoms with Crippen LogP contribution in [0, 0.1) is 5.82 Å². The number of fused-ring (bicyclic) bond motifs is 1. The van der Waals surface area contributed by atoms with Crippen molar-refractivity contribution in [3.05, 3.63) is 70.6 Å². The maximum atomic E-state index is 14.4. The molecule has 5 rings (SSSR count). The highest BCUT2D eigenvalue weighted by atomic mass is 32.2. The minimum atomic E-state index is -3.20. The number of aromatic carboxylic acids is 1. The molecule has 1 N–H and O–H groups in total. The number of piperidine rings is 1. The van der Waals surface area contributed by atoms with Crippen molar-refractivity contribution in [1.29, 1.82) is 0 Å². The SMILES string of the molecule is CS(=O)(=O)N1CCC(c2cn(-c3ccc(C(=O)N4CCc5c(C(=O)O)ccc(F)c5C4)nc3)nn2)CC1. The van der Waals surface area contributed by atoms with Gasteiger partial charge < -0.3 is 10.0 Å². The van der Waals surface area contributed by atoms with Crippen LogP contribution < -0.4 is 0 Å². The molecule has 1 saturated heterocycles. The maximum Gasteiger partial charge on any atom is 0.335 e. The van der Waals surface area contributed by atoms with Crippen LogP contribution in [0.1, 0.15) is 56.4 Å². The average molecular weight is 529 g/mol. The van der Waals surface area contributed by atoms with Crippen molar-refractivity contribution < 1.29 is 27.5 Å². The molecule has 2 aromatic heterocycles. The van der Waals surface area contributed by atoms with Crippen LogP contribution in [-0.2, 0) is 23.0 Å². The second-order valence-electron chi connectivity index (χ2n) is 9.26. The first kappa shape index (κ1) is 25.0. The Morgan fingerprint density at radius 2 is 1.84 bits per heavy atom. The molecule has 2 aliphatic heterocycles. The molecule has 1 aromatic carbocycles. The molecule has 3 aromatic rings. The Balaban J connectivity index is 1.26. The number of halogens is 1. The van der Waals surface area contributed by atoms with Crippen LogP contribution in [0.4, 0.5) is 4.39 Å². The number of hydrogen-bond donors (Lipinski definition) is 1. The molecule has 37 heavy (non-hydrogen) atoms. The Morgan fingerprint density at radius 3 is 2.49 bits per heavy atom. The first-order valence-electron chi connectivity index (χ1n) is 11.8. The summed E-state index contributed by atoms with van der Waals surface area (Å²) in [5.74, 6) is -1.94. The third-order valence-electron chi connectivity index (χ3n) is 6.96. The fourth-order valence-corrected chi connectivity index (χ4v) is 5.77. The smallest absolute Gasteiger partial charge is 0.335 e. The Kier molecular flexibility index (Phi) is 6.50. The summed E-state index contributed by atoms with van der Waals surface area (Å²) in [6.45, 7) is 1.10. The van der Waals surface area contributed by atoms with Gasteiger partial charge in [-0.3, -0.25) is 4.79 Å². The largest absolute Gasteiger partial charge is 0.478 e. The van der Waals surface area contributed by atoms with Crippen LogP contribution in [-0.4, -0.2) is 80.5 Å². The minimum absolute atomic E-state index is 0.0326. The zero-order valence-corrected chi connectivity index (χ0v) is 20.9. The molecule has 0 unspecified atom stereocenters. The Bertz CT molecular complexity index is 1470. The van der Waals surface area contributed by atoms with Gasteiger partial charge in [0, 0.05) is 37.7 Å². The Labute approximate surface area is 212 Å². The lowest BCUT2D eigenvalue weighted by atomic mass is 9.93. The first-order valence-corrected chi connectivity index (χ1v) is 13.6. The van der Waals surface area contributed by atoms with Crippen molar-refractivity contribution in [3.63, 3.8) is 0 Å². The predicted octanol–water partition coefficient (Wildman–Crippen LogP) is 1.84. The van der Waals surface area contributed by atoms with Crippen LogP contribution in [0.25, 0.3) is 5.69 Å². The van der Waals surface area contributed by atoms with Crippen molar-refractivity contribution in [2.75, 3.05) is 25.9 Å². The fourth-order valence-electron chi connectivity index (χ4n) is 4.89. The molecule has 11 nitrogen and oxygen atoms in total. The minimum Gasteiger partial charge on any atom is -0.478 e. The van der Waals surface area contributed by atoms with E-state index in [4.69, 9.17) is 0 Å². The van der Waals surface area contributed by atoms with E-state index < -0.39 is 21.8 Å². The van der Waals surface area contributed by atoms with E-state index in [1.54, 1.807) is 23.0 Å². The molecule has 1 fully saturated rings. The zero-order chi connectivity index (χ0) is 26.3. The third kappa shape index (κ3) is 4.96. The van der Waals surface area contributed by atoms with Gasteiger partial charge in [0.05, 0.1) is 35.6 Å². The van der Waals surface area contributed by atoms with E-state index in [9.17, 15) is 27.5 Å². The number of rotatable bonds is 5. The van der Waals surface area contributed by atoms with E-state index in [0.29, 0.717) is 37.2 Å². The molecule has 13 heteroatoms. The molecular weight excluding hydrogens is 503 g/mol. The van der Waals surface area contributed by atoms with Crippen molar-refractivity contribution in [3.8, 4) is 5.69 Å². The summed E-state index contributed by atoms with van der Waals surface area (Å²) in [7, 11) is -3.20. The monoisotopic (exact) mass is 528 g/mol. The molecule has 0 radical (unpaired) electrons. The van der Waals surface area contributed by atoms with Gasteiger partial charge in [0.25, 0.3) is 5.91 Å². The Morgan fingerprint density at radius 1 is 1.08 bits per heavy atom. The summed E-state index contributed by atoms with van der Waals surface area (Å²) in [5, 5.41) is 17.8. The first-order chi connectivity index (χ1) is 17.6. The summed E-state index contributed by atoms with van der Waals surface area (Å²) < 4.78 is 40.9.